The molecule has 0 aromatic heterocycles. The van der Waals surface area contributed by atoms with Crippen molar-refractivity contribution in [1.29, 1.82) is 0 Å². The lowest BCUT2D eigenvalue weighted by Crippen LogP contribution is -2.21. The molecule has 0 rings (SSSR count). The largest absolute Gasteiger partial charge is 0.463 e. The molecule has 2 atom stereocenters. The third-order valence-corrected chi connectivity index (χ3v) is 1.59. The topological polar surface area (TPSA) is 44.8 Å². The van der Waals surface area contributed by atoms with Crippen LogP contribution in [0.2, 0.25) is 0 Å². The van der Waals surface area contributed by atoms with Gasteiger partial charge in [0.05, 0.1) is 6.10 Å². The molecule has 0 aromatic carbocycles. The third-order valence-electron chi connectivity index (χ3n) is 1.59. The van der Waals surface area contributed by atoms with Crippen LogP contribution in [0.25, 0.3) is 0 Å². The Bertz CT molecular complexity index is 179. The van der Waals surface area contributed by atoms with Gasteiger partial charge in [0.1, 0.15) is 12.9 Å². The van der Waals surface area contributed by atoms with Crippen LogP contribution in [0.4, 0.5) is 0 Å². The zero-order valence-corrected chi connectivity index (χ0v) is 8.99. The smallest absolute Gasteiger partial charge is 0.302 e. The highest BCUT2D eigenvalue weighted by Gasteiger charge is 2.12. The van der Waals surface area contributed by atoms with Crippen LogP contribution in [-0.2, 0) is 19.0 Å². The number of ether oxygens (including phenoxy) is 3. The van der Waals surface area contributed by atoms with Gasteiger partial charge in [-0.15, -0.1) is 6.58 Å². The molecule has 0 saturated heterocycles. The van der Waals surface area contributed by atoms with Crippen LogP contribution >= 0.6 is 0 Å². The minimum absolute atomic E-state index is 0.149. The fraction of sp³-hybridized carbons (Fsp3) is 0.700. The molecule has 0 unspecified atom stereocenters. The number of hydrogen-bond acceptors (Lipinski definition) is 4. The molecule has 0 spiro atoms. The first-order valence-corrected chi connectivity index (χ1v) is 4.50. The number of hydrogen-bond donors (Lipinski definition) is 0. The van der Waals surface area contributed by atoms with E-state index in [1.54, 1.807) is 13.2 Å². The van der Waals surface area contributed by atoms with Gasteiger partial charge in [-0.2, -0.15) is 0 Å². The van der Waals surface area contributed by atoms with Gasteiger partial charge in [-0.3, -0.25) is 4.79 Å². The molecule has 0 aliphatic heterocycles. The highest BCUT2D eigenvalue weighted by Crippen LogP contribution is 2.07. The lowest BCUT2D eigenvalue weighted by atomic mass is 10.2. The Balaban J connectivity index is 3.79. The first-order valence-electron chi connectivity index (χ1n) is 4.50. The molecule has 0 heterocycles. The minimum Gasteiger partial charge on any atom is -0.463 e. The molecule has 0 radical (unpaired) electrons. The average Bonchev–Trinajstić information content (AvgIpc) is 2.10. The summed E-state index contributed by atoms with van der Waals surface area (Å²) in [6, 6.07) is 0. The van der Waals surface area contributed by atoms with Crippen molar-refractivity contribution < 1.29 is 19.0 Å². The van der Waals surface area contributed by atoms with Crippen molar-refractivity contribution in [2.75, 3.05) is 13.9 Å². The molecule has 0 aliphatic carbocycles. The van der Waals surface area contributed by atoms with Gasteiger partial charge in [0.15, 0.2) is 0 Å². The van der Waals surface area contributed by atoms with Gasteiger partial charge in [-0.25, -0.2) is 0 Å². The Kier molecular flexibility index (Phi) is 7.06. The van der Waals surface area contributed by atoms with E-state index >= 15 is 0 Å². The highest BCUT2D eigenvalue weighted by molar-refractivity contribution is 5.66. The fourth-order valence-corrected chi connectivity index (χ4v) is 1.05. The second-order valence-electron chi connectivity index (χ2n) is 3.00. The summed E-state index contributed by atoms with van der Waals surface area (Å²) in [5, 5.41) is 0. The van der Waals surface area contributed by atoms with Gasteiger partial charge < -0.3 is 14.2 Å². The molecule has 0 aromatic rings. The number of rotatable bonds is 7. The Morgan fingerprint density at radius 1 is 1.57 bits per heavy atom. The number of esters is 1. The van der Waals surface area contributed by atoms with Gasteiger partial charge in [0.2, 0.25) is 0 Å². The van der Waals surface area contributed by atoms with E-state index in [9.17, 15) is 4.79 Å². The van der Waals surface area contributed by atoms with E-state index in [0.29, 0.717) is 6.42 Å². The zero-order chi connectivity index (χ0) is 11.0. The lowest BCUT2D eigenvalue weighted by molar-refractivity contribution is -0.147. The standard InChI is InChI=1S/C10H18O4/c1-5-10(13-7-12-4)6-8(2)14-9(3)11/h5,8,10H,1,6-7H2,2-4H3/t8-,10-/m1/s1. The van der Waals surface area contributed by atoms with Crippen LogP contribution in [0.3, 0.4) is 0 Å². The van der Waals surface area contributed by atoms with E-state index in [-0.39, 0.29) is 25.0 Å². The zero-order valence-electron chi connectivity index (χ0n) is 8.99. The van der Waals surface area contributed by atoms with Crippen LogP contribution in [0.1, 0.15) is 20.3 Å². The molecule has 0 aliphatic rings. The Labute approximate surface area is 84.8 Å². The first kappa shape index (κ1) is 13.1. The molecule has 0 saturated carbocycles. The van der Waals surface area contributed by atoms with Gasteiger partial charge in [-0.05, 0) is 6.92 Å². The maximum atomic E-state index is 10.6. The number of methoxy groups -OCH3 is 1. The van der Waals surface area contributed by atoms with Crippen molar-refractivity contribution in [3.8, 4) is 0 Å². The van der Waals surface area contributed by atoms with Gasteiger partial charge >= 0.3 is 5.97 Å². The van der Waals surface area contributed by atoms with Gasteiger partial charge in [-0.1, -0.05) is 6.08 Å². The van der Waals surface area contributed by atoms with E-state index < -0.39 is 0 Å². The maximum Gasteiger partial charge on any atom is 0.302 e. The summed E-state index contributed by atoms with van der Waals surface area (Å²) < 4.78 is 15.0. The normalized spacial score (nSPS) is 14.5. The lowest BCUT2D eigenvalue weighted by Gasteiger charge is -2.17. The Hall–Kier alpha value is -0.870. The molecular weight excluding hydrogens is 184 g/mol. The molecule has 14 heavy (non-hydrogen) atoms. The average molecular weight is 202 g/mol. The molecule has 0 N–H and O–H groups in total. The second kappa shape index (κ2) is 7.53. The summed E-state index contributed by atoms with van der Waals surface area (Å²) >= 11 is 0. The van der Waals surface area contributed by atoms with Crippen molar-refractivity contribution in [2.45, 2.75) is 32.5 Å². The van der Waals surface area contributed by atoms with Crippen LogP contribution in [0.5, 0.6) is 0 Å². The highest BCUT2D eigenvalue weighted by atomic mass is 16.7. The van der Waals surface area contributed by atoms with Gasteiger partial charge in [0.25, 0.3) is 0 Å². The van der Waals surface area contributed by atoms with Crippen molar-refractivity contribution in [3.05, 3.63) is 12.7 Å². The first-order chi connectivity index (χ1) is 6.60. The molecule has 0 bridgehead atoms. The second-order valence-corrected chi connectivity index (χ2v) is 3.00. The van der Waals surface area contributed by atoms with E-state index in [2.05, 4.69) is 6.58 Å². The summed E-state index contributed by atoms with van der Waals surface area (Å²) in [6.07, 6.45) is 1.93. The Morgan fingerprint density at radius 3 is 2.64 bits per heavy atom. The van der Waals surface area contributed by atoms with Gasteiger partial charge in [0, 0.05) is 20.5 Å². The molecule has 82 valence electrons. The summed E-state index contributed by atoms with van der Waals surface area (Å²) in [5.41, 5.74) is 0. The van der Waals surface area contributed by atoms with Crippen LogP contribution in [0.15, 0.2) is 12.7 Å². The van der Waals surface area contributed by atoms with Crippen LogP contribution in [-0.4, -0.2) is 32.1 Å². The minimum atomic E-state index is -0.285. The molecule has 4 nitrogen and oxygen atoms in total. The van der Waals surface area contributed by atoms with Crippen LogP contribution in [0, 0.1) is 0 Å². The summed E-state index contributed by atoms with van der Waals surface area (Å²) in [4.78, 5) is 10.6. The van der Waals surface area contributed by atoms with E-state index in [4.69, 9.17) is 14.2 Å². The summed E-state index contributed by atoms with van der Waals surface area (Å²) in [7, 11) is 1.55. The SMILES string of the molecule is C=C[C@H](C[C@@H](C)OC(C)=O)OCOC. The van der Waals surface area contributed by atoms with Crippen LogP contribution < -0.4 is 0 Å². The maximum absolute atomic E-state index is 10.6. The third kappa shape index (κ3) is 6.62. The van der Waals surface area contributed by atoms with E-state index in [1.807, 2.05) is 6.92 Å². The van der Waals surface area contributed by atoms with E-state index in [0.717, 1.165) is 0 Å². The van der Waals surface area contributed by atoms with E-state index in [1.165, 1.54) is 6.92 Å². The number of carbonyl (C=O) groups excluding carboxylic acids is 1. The summed E-state index contributed by atoms with van der Waals surface area (Å²) in [5.74, 6) is -0.285. The fourth-order valence-electron chi connectivity index (χ4n) is 1.05. The summed E-state index contributed by atoms with van der Waals surface area (Å²) in [6.45, 7) is 7.03. The van der Waals surface area contributed by atoms with Crippen molar-refractivity contribution in [1.82, 2.24) is 0 Å². The molecule has 0 amide bonds. The molecule has 0 fully saturated rings. The molecular formula is C10H18O4. The van der Waals surface area contributed by atoms with Crippen molar-refractivity contribution in [2.24, 2.45) is 0 Å². The molecule has 4 heteroatoms. The predicted molar refractivity (Wildman–Crippen MR) is 52.8 cm³/mol. The Morgan fingerprint density at radius 2 is 2.21 bits per heavy atom. The van der Waals surface area contributed by atoms with Crippen molar-refractivity contribution >= 4 is 5.97 Å². The quantitative estimate of drug-likeness (QED) is 0.356. The monoisotopic (exact) mass is 202 g/mol. The van der Waals surface area contributed by atoms with Crippen molar-refractivity contribution in [3.63, 3.8) is 0 Å². The predicted octanol–water partition coefficient (Wildman–Crippen LogP) is 1.50. The number of carbonyl (C=O) groups is 1.